The van der Waals surface area contributed by atoms with E-state index in [1.54, 1.807) is 20.1 Å². The molecule has 1 aromatic carbocycles. The number of hydrogen-bond donors (Lipinski definition) is 2. The summed E-state index contributed by atoms with van der Waals surface area (Å²) in [6.45, 7) is 3.28. The van der Waals surface area contributed by atoms with E-state index in [2.05, 4.69) is 4.72 Å². The second-order valence-electron chi connectivity index (χ2n) is 4.87. The zero-order valence-electron chi connectivity index (χ0n) is 12.1. The minimum Gasteiger partial charge on any atom is -0.478 e. The molecule has 2 N–H and O–H groups in total. The van der Waals surface area contributed by atoms with Crippen LogP contribution in [0.1, 0.15) is 29.3 Å². The van der Waals surface area contributed by atoms with Crippen LogP contribution in [0.15, 0.2) is 23.1 Å². The van der Waals surface area contributed by atoms with E-state index >= 15 is 0 Å². The third kappa shape index (κ3) is 5.22. The Morgan fingerprint density at radius 2 is 2.05 bits per heavy atom. The van der Waals surface area contributed by atoms with Crippen molar-refractivity contribution < 1.29 is 22.5 Å². The SMILES string of the molecule is Cc1ccc(S(=O)(=O)NC(C)CCS(C)=O)cc1C(=O)O. The number of carbonyl (C=O) groups is 1. The van der Waals surface area contributed by atoms with Crippen molar-refractivity contribution in [3.8, 4) is 0 Å². The fraction of sp³-hybridized carbons (Fsp3) is 0.462. The van der Waals surface area contributed by atoms with Gasteiger partial charge in [-0.15, -0.1) is 0 Å². The Kier molecular flexibility index (Phi) is 6.06. The molecule has 0 saturated heterocycles. The Balaban J connectivity index is 2.95. The first-order valence-corrected chi connectivity index (χ1v) is 9.51. The maximum atomic E-state index is 12.2. The summed E-state index contributed by atoms with van der Waals surface area (Å²) < 4.78 is 37.9. The Morgan fingerprint density at radius 1 is 1.43 bits per heavy atom. The second-order valence-corrected chi connectivity index (χ2v) is 8.14. The maximum absolute atomic E-state index is 12.2. The molecule has 6 nitrogen and oxygen atoms in total. The summed E-state index contributed by atoms with van der Waals surface area (Å²) in [7, 11) is -4.78. The minimum absolute atomic E-state index is 0.0415. The maximum Gasteiger partial charge on any atom is 0.335 e. The van der Waals surface area contributed by atoms with Gasteiger partial charge in [-0.1, -0.05) is 6.07 Å². The number of rotatable bonds is 7. The molecule has 118 valence electrons. The average Bonchev–Trinajstić information content (AvgIpc) is 2.35. The van der Waals surface area contributed by atoms with Gasteiger partial charge in [0.05, 0.1) is 10.5 Å². The number of hydrogen-bond acceptors (Lipinski definition) is 4. The van der Waals surface area contributed by atoms with Crippen molar-refractivity contribution in [2.75, 3.05) is 12.0 Å². The highest BCUT2D eigenvalue weighted by Gasteiger charge is 2.20. The molecule has 0 amide bonds. The standard InChI is InChI=1S/C13H19NO5S2/c1-9-4-5-11(8-12(9)13(15)16)21(18,19)14-10(2)6-7-20(3)17/h4-5,8,10,14H,6-7H2,1-3H3,(H,15,16). The average molecular weight is 333 g/mol. The van der Waals surface area contributed by atoms with E-state index in [0.717, 1.165) is 6.07 Å². The number of aromatic carboxylic acids is 1. The Bertz CT molecular complexity index is 655. The minimum atomic E-state index is -3.79. The zero-order valence-corrected chi connectivity index (χ0v) is 13.8. The van der Waals surface area contributed by atoms with Gasteiger partial charge in [-0.3, -0.25) is 4.21 Å². The largest absolute Gasteiger partial charge is 0.478 e. The smallest absolute Gasteiger partial charge is 0.335 e. The van der Waals surface area contributed by atoms with Crippen LogP contribution in [0.2, 0.25) is 0 Å². The van der Waals surface area contributed by atoms with Crippen molar-refractivity contribution in [1.29, 1.82) is 0 Å². The highest BCUT2D eigenvalue weighted by Crippen LogP contribution is 2.16. The van der Waals surface area contributed by atoms with E-state index in [9.17, 15) is 17.4 Å². The molecule has 1 rings (SSSR count). The molecule has 0 saturated carbocycles. The molecule has 0 aromatic heterocycles. The van der Waals surface area contributed by atoms with Crippen LogP contribution in [0.5, 0.6) is 0 Å². The van der Waals surface area contributed by atoms with Gasteiger partial charge in [0, 0.05) is 28.9 Å². The van der Waals surface area contributed by atoms with Gasteiger partial charge in [-0.25, -0.2) is 17.9 Å². The molecule has 0 aliphatic rings. The first kappa shape index (κ1) is 17.8. The van der Waals surface area contributed by atoms with Crippen LogP contribution in [-0.4, -0.2) is 41.8 Å². The predicted octanol–water partition coefficient (Wildman–Crippen LogP) is 1.13. The molecule has 0 radical (unpaired) electrons. The number of benzene rings is 1. The number of nitrogens with one attached hydrogen (secondary N) is 1. The fourth-order valence-electron chi connectivity index (χ4n) is 1.73. The highest BCUT2D eigenvalue weighted by atomic mass is 32.2. The molecule has 21 heavy (non-hydrogen) atoms. The Hall–Kier alpha value is -1.25. The van der Waals surface area contributed by atoms with Crippen molar-refractivity contribution >= 4 is 26.8 Å². The van der Waals surface area contributed by atoms with E-state index in [1.807, 2.05) is 0 Å². The van der Waals surface area contributed by atoms with E-state index in [-0.39, 0.29) is 16.5 Å². The molecule has 0 heterocycles. The Morgan fingerprint density at radius 3 is 2.57 bits per heavy atom. The summed E-state index contributed by atoms with van der Waals surface area (Å²) in [5.41, 5.74) is 0.455. The molecular weight excluding hydrogens is 314 g/mol. The van der Waals surface area contributed by atoms with Crippen molar-refractivity contribution in [2.45, 2.75) is 31.2 Å². The summed E-state index contributed by atoms with van der Waals surface area (Å²) in [5, 5.41) is 9.03. The number of carboxylic acids is 1. The lowest BCUT2D eigenvalue weighted by atomic mass is 10.1. The first-order chi connectivity index (χ1) is 9.63. The van der Waals surface area contributed by atoms with Crippen LogP contribution in [0.3, 0.4) is 0 Å². The number of carboxylic acid groups (broad SMARTS) is 1. The summed E-state index contributed by atoms with van der Waals surface area (Å²) in [6, 6.07) is 3.59. The van der Waals surface area contributed by atoms with E-state index < -0.39 is 26.8 Å². The van der Waals surface area contributed by atoms with Crippen molar-refractivity contribution in [3.05, 3.63) is 29.3 Å². The topological polar surface area (TPSA) is 101 Å². The van der Waals surface area contributed by atoms with Crippen LogP contribution < -0.4 is 4.72 Å². The van der Waals surface area contributed by atoms with Gasteiger partial charge in [0.1, 0.15) is 0 Å². The summed E-state index contributed by atoms with van der Waals surface area (Å²) >= 11 is 0. The van der Waals surface area contributed by atoms with E-state index in [4.69, 9.17) is 5.11 Å². The molecule has 2 atom stereocenters. The lowest BCUT2D eigenvalue weighted by Gasteiger charge is -2.14. The van der Waals surface area contributed by atoms with Gasteiger partial charge in [-0.2, -0.15) is 0 Å². The number of sulfonamides is 1. The fourth-order valence-corrected chi connectivity index (χ4v) is 3.72. The molecule has 0 aliphatic carbocycles. The molecule has 0 bridgehead atoms. The summed E-state index contributed by atoms with van der Waals surface area (Å²) in [5.74, 6) is -0.767. The third-order valence-electron chi connectivity index (χ3n) is 2.94. The molecule has 0 spiro atoms. The van der Waals surface area contributed by atoms with E-state index in [1.165, 1.54) is 12.1 Å². The summed E-state index contributed by atoms with van der Waals surface area (Å²) in [4.78, 5) is 11.0. The van der Waals surface area contributed by atoms with Crippen molar-refractivity contribution in [1.82, 2.24) is 4.72 Å². The third-order valence-corrected chi connectivity index (χ3v) is 5.34. The zero-order chi connectivity index (χ0) is 16.2. The van der Waals surface area contributed by atoms with Gasteiger partial charge in [0.25, 0.3) is 0 Å². The molecular formula is C13H19NO5S2. The van der Waals surface area contributed by atoms with Crippen LogP contribution in [0.25, 0.3) is 0 Å². The van der Waals surface area contributed by atoms with Crippen LogP contribution in [-0.2, 0) is 20.8 Å². The molecule has 1 aromatic rings. The molecule has 0 fully saturated rings. The lowest BCUT2D eigenvalue weighted by Crippen LogP contribution is -2.33. The second kappa shape index (κ2) is 7.15. The lowest BCUT2D eigenvalue weighted by molar-refractivity contribution is 0.0696. The van der Waals surface area contributed by atoms with Gasteiger partial charge < -0.3 is 5.11 Å². The molecule has 8 heteroatoms. The molecule has 0 aliphatic heterocycles. The normalized spacial score (nSPS) is 14.6. The van der Waals surface area contributed by atoms with Gasteiger partial charge in [0.15, 0.2) is 0 Å². The monoisotopic (exact) mass is 333 g/mol. The molecule has 2 unspecified atom stereocenters. The van der Waals surface area contributed by atoms with Crippen LogP contribution >= 0.6 is 0 Å². The predicted molar refractivity (Wildman–Crippen MR) is 81.5 cm³/mol. The quantitative estimate of drug-likeness (QED) is 0.779. The first-order valence-electron chi connectivity index (χ1n) is 6.30. The van der Waals surface area contributed by atoms with Crippen LogP contribution in [0.4, 0.5) is 0 Å². The highest BCUT2D eigenvalue weighted by molar-refractivity contribution is 7.89. The van der Waals surface area contributed by atoms with Gasteiger partial charge in [-0.05, 0) is 38.0 Å². The number of aryl methyl sites for hydroxylation is 1. The van der Waals surface area contributed by atoms with Crippen molar-refractivity contribution in [3.63, 3.8) is 0 Å². The van der Waals surface area contributed by atoms with E-state index in [0.29, 0.717) is 17.7 Å². The van der Waals surface area contributed by atoms with Gasteiger partial charge in [0.2, 0.25) is 10.0 Å². The van der Waals surface area contributed by atoms with Gasteiger partial charge >= 0.3 is 5.97 Å². The Labute approximate surface area is 127 Å². The van der Waals surface area contributed by atoms with Crippen LogP contribution in [0, 0.1) is 6.92 Å². The van der Waals surface area contributed by atoms with Crippen molar-refractivity contribution in [2.24, 2.45) is 0 Å². The summed E-state index contributed by atoms with van der Waals surface area (Å²) in [6.07, 6.45) is 2.00.